The molecule has 1 N–H and O–H groups in total. The standard InChI is InChI=1S/C10H8BrFN2OS/c11-7-1-6(2-8(12)4-7)3-10(15)9-5-13-16-14-9/h1-2,4-5,10,15H,3H2. The highest BCUT2D eigenvalue weighted by Gasteiger charge is 2.12. The van der Waals surface area contributed by atoms with Gasteiger partial charge in [0, 0.05) is 10.9 Å². The van der Waals surface area contributed by atoms with Crippen LogP contribution in [0.1, 0.15) is 17.4 Å². The van der Waals surface area contributed by atoms with Crippen molar-refractivity contribution in [3.8, 4) is 0 Å². The average molecular weight is 303 g/mol. The largest absolute Gasteiger partial charge is 0.386 e. The number of aromatic nitrogens is 2. The van der Waals surface area contributed by atoms with E-state index in [1.54, 1.807) is 6.07 Å². The van der Waals surface area contributed by atoms with Gasteiger partial charge in [-0.05, 0) is 23.8 Å². The first kappa shape index (κ1) is 11.6. The topological polar surface area (TPSA) is 46.0 Å². The number of benzene rings is 1. The first-order valence-corrected chi connectivity index (χ1v) is 6.08. The molecule has 0 radical (unpaired) electrons. The minimum absolute atomic E-state index is 0.321. The van der Waals surface area contributed by atoms with Crippen molar-refractivity contribution < 1.29 is 9.50 Å². The van der Waals surface area contributed by atoms with Gasteiger partial charge in [-0.3, -0.25) is 0 Å². The minimum Gasteiger partial charge on any atom is -0.386 e. The van der Waals surface area contributed by atoms with Crippen LogP contribution in [0.25, 0.3) is 0 Å². The molecule has 1 atom stereocenters. The lowest BCUT2D eigenvalue weighted by Crippen LogP contribution is -2.02. The third-order valence-electron chi connectivity index (χ3n) is 2.07. The highest BCUT2D eigenvalue weighted by molar-refractivity contribution is 9.10. The predicted molar refractivity (Wildman–Crippen MR) is 62.7 cm³/mol. The maximum Gasteiger partial charge on any atom is 0.124 e. The van der Waals surface area contributed by atoms with Gasteiger partial charge in [0.05, 0.1) is 17.9 Å². The third-order valence-corrected chi connectivity index (χ3v) is 3.02. The molecule has 3 nitrogen and oxygen atoms in total. The van der Waals surface area contributed by atoms with E-state index in [2.05, 4.69) is 24.7 Å². The van der Waals surface area contributed by atoms with Crippen LogP contribution in [0.5, 0.6) is 0 Å². The highest BCUT2D eigenvalue weighted by atomic mass is 79.9. The van der Waals surface area contributed by atoms with Crippen LogP contribution in [0.2, 0.25) is 0 Å². The molecule has 84 valence electrons. The summed E-state index contributed by atoms with van der Waals surface area (Å²) in [6, 6.07) is 4.54. The zero-order chi connectivity index (χ0) is 11.5. The lowest BCUT2D eigenvalue weighted by molar-refractivity contribution is 0.174. The molecule has 0 bridgehead atoms. The molecule has 2 rings (SSSR count). The Bertz CT molecular complexity index is 457. The summed E-state index contributed by atoms with van der Waals surface area (Å²) in [7, 11) is 0. The van der Waals surface area contributed by atoms with E-state index in [-0.39, 0.29) is 5.82 Å². The first-order chi connectivity index (χ1) is 7.65. The molecule has 1 heterocycles. The van der Waals surface area contributed by atoms with E-state index in [4.69, 9.17) is 0 Å². The van der Waals surface area contributed by atoms with E-state index < -0.39 is 6.10 Å². The summed E-state index contributed by atoms with van der Waals surface area (Å²) in [5.74, 6) is -0.326. The maximum atomic E-state index is 13.1. The molecule has 0 fully saturated rings. The summed E-state index contributed by atoms with van der Waals surface area (Å²) < 4.78 is 21.5. The number of rotatable bonds is 3. The van der Waals surface area contributed by atoms with Gasteiger partial charge in [0.15, 0.2) is 0 Å². The Hall–Kier alpha value is -0.850. The predicted octanol–water partition coefficient (Wildman–Crippen LogP) is 2.72. The Balaban J connectivity index is 2.15. The molecule has 0 spiro atoms. The van der Waals surface area contributed by atoms with Gasteiger partial charge in [0.1, 0.15) is 17.6 Å². The van der Waals surface area contributed by atoms with Gasteiger partial charge < -0.3 is 5.11 Å². The lowest BCUT2D eigenvalue weighted by atomic mass is 10.1. The number of hydrogen-bond acceptors (Lipinski definition) is 4. The molecule has 1 aromatic carbocycles. The molecule has 0 amide bonds. The van der Waals surface area contributed by atoms with Gasteiger partial charge in [0.2, 0.25) is 0 Å². The van der Waals surface area contributed by atoms with Crippen LogP contribution in [-0.2, 0) is 6.42 Å². The highest BCUT2D eigenvalue weighted by Crippen LogP contribution is 2.20. The van der Waals surface area contributed by atoms with E-state index in [0.717, 1.165) is 11.7 Å². The van der Waals surface area contributed by atoms with Crippen molar-refractivity contribution in [2.75, 3.05) is 0 Å². The van der Waals surface area contributed by atoms with E-state index in [1.807, 2.05) is 0 Å². The van der Waals surface area contributed by atoms with E-state index in [0.29, 0.717) is 22.2 Å². The van der Waals surface area contributed by atoms with E-state index >= 15 is 0 Å². The quantitative estimate of drug-likeness (QED) is 0.948. The summed E-state index contributed by atoms with van der Waals surface area (Å²) >= 11 is 4.25. The second kappa shape index (κ2) is 4.99. The van der Waals surface area contributed by atoms with Crippen molar-refractivity contribution in [1.82, 2.24) is 8.75 Å². The molecule has 2 aromatic rings. The number of nitrogens with zero attached hydrogens (tertiary/aromatic N) is 2. The summed E-state index contributed by atoms with van der Waals surface area (Å²) in [6.07, 6.45) is 1.10. The number of hydrogen-bond donors (Lipinski definition) is 1. The molecule has 16 heavy (non-hydrogen) atoms. The first-order valence-electron chi connectivity index (χ1n) is 4.55. The molecule has 6 heteroatoms. The second-order valence-corrected chi connectivity index (χ2v) is 4.80. The Morgan fingerprint density at radius 1 is 1.44 bits per heavy atom. The molecule has 0 aliphatic carbocycles. The van der Waals surface area contributed by atoms with Gasteiger partial charge in [-0.1, -0.05) is 15.9 Å². The Kier molecular flexibility index (Phi) is 3.63. The second-order valence-electron chi connectivity index (χ2n) is 3.33. The fourth-order valence-corrected chi connectivity index (χ4v) is 2.35. The monoisotopic (exact) mass is 302 g/mol. The molecule has 1 unspecified atom stereocenters. The van der Waals surface area contributed by atoms with Gasteiger partial charge in [-0.15, -0.1) is 0 Å². The normalized spacial score (nSPS) is 12.7. The van der Waals surface area contributed by atoms with Gasteiger partial charge >= 0.3 is 0 Å². The van der Waals surface area contributed by atoms with Crippen LogP contribution in [0.4, 0.5) is 4.39 Å². The smallest absolute Gasteiger partial charge is 0.124 e. The van der Waals surface area contributed by atoms with Crippen molar-refractivity contribution in [3.63, 3.8) is 0 Å². The summed E-state index contributed by atoms with van der Waals surface area (Å²) in [4.78, 5) is 0. The van der Waals surface area contributed by atoms with Gasteiger partial charge in [-0.25, -0.2) is 4.39 Å². The van der Waals surface area contributed by atoms with Crippen LogP contribution in [0.3, 0.4) is 0 Å². The molecule has 0 saturated heterocycles. The van der Waals surface area contributed by atoms with Crippen LogP contribution >= 0.6 is 27.7 Å². The van der Waals surface area contributed by atoms with Crippen LogP contribution in [0, 0.1) is 5.82 Å². The van der Waals surface area contributed by atoms with Crippen LogP contribution in [-0.4, -0.2) is 13.9 Å². The SMILES string of the molecule is OC(Cc1cc(F)cc(Br)c1)c1cnsn1. The maximum absolute atomic E-state index is 13.1. The summed E-state index contributed by atoms with van der Waals surface area (Å²) in [5.41, 5.74) is 1.23. The van der Waals surface area contributed by atoms with Crippen LogP contribution < -0.4 is 0 Å². The number of aliphatic hydroxyl groups is 1. The molecular formula is C10H8BrFN2OS. The fourth-order valence-electron chi connectivity index (χ4n) is 1.38. The fraction of sp³-hybridized carbons (Fsp3) is 0.200. The van der Waals surface area contributed by atoms with Crippen molar-refractivity contribution in [2.45, 2.75) is 12.5 Å². The van der Waals surface area contributed by atoms with Crippen molar-refractivity contribution in [3.05, 3.63) is 45.9 Å². The van der Waals surface area contributed by atoms with Crippen molar-refractivity contribution in [1.29, 1.82) is 0 Å². The summed E-state index contributed by atoms with van der Waals surface area (Å²) in [5, 5.41) is 9.81. The Labute approximate surface area is 104 Å². The van der Waals surface area contributed by atoms with Crippen molar-refractivity contribution in [2.24, 2.45) is 0 Å². The van der Waals surface area contributed by atoms with E-state index in [9.17, 15) is 9.50 Å². The average Bonchev–Trinajstić information content (AvgIpc) is 2.68. The zero-order valence-corrected chi connectivity index (χ0v) is 10.5. The van der Waals surface area contributed by atoms with Gasteiger partial charge in [0.25, 0.3) is 0 Å². The minimum atomic E-state index is -0.743. The molecule has 1 aromatic heterocycles. The zero-order valence-electron chi connectivity index (χ0n) is 8.10. The number of halogens is 2. The Morgan fingerprint density at radius 3 is 2.88 bits per heavy atom. The van der Waals surface area contributed by atoms with Crippen molar-refractivity contribution >= 4 is 27.7 Å². The molecule has 0 aliphatic rings. The lowest BCUT2D eigenvalue weighted by Gasteiger charge is -2.07. The molecule has 0 saturated carbocycles. The third kappa shape index (κ3) is 2.84. The van der Waals surface area contributed by atoms with Gasteiger partial charge in [-0.2, -0.15) is 8.75 Å². The summed E-state index contributed by atoms with van der Waals surface area (Å²) in [6.45, 7) is 0. The molecular weight excluding hydrogens is 295 g/mol. The Morgan fingerprint density at radius 2 is 2.25 bits per heavy atom. The van der Waals surface area contributed by atoms with Crippen LogP contribution in [0.15, 0.2) is 28.9 Å². The number of aliphatic hydroxyl groups excluding tert-OH is 1. The molecule has 0 aliphatic heterocycles. The van der Waals surface area contributed by atoms with E-state index in [1.165, 1.54) is 18.3 Å².